The highest BCUT2D eigenvalue weighted by Crippen LogP contribution is 2.20. The number of hydrogen-bond donors (Lipinski definition) is 0. The average molecular weight is 188 g/mol. The molecule has 3 nitrogen and oxygen atoms in total. The second-order valence-corrected chi connectivity index (χ2v) is 2.84. The molecule has 0 bridgehead atoms. The normalized spacial score (nSPS) is 10.9. The zero-order chi connectivity index (χ0) is 10.6. The summed E-state index contributed by atoms with van der Waals surface area (Å²) in [5.74, 6) is 0.687. The highest BCUT2D eigenvalue weighted by Gasteiger charge is 2.06. The molecule has 0 heterocycles. The van der Waals surface area contributed by atoms with Crippen LogP contribution in [0.4, 0.5) is 0 Å². The molecular weight excluding hydrogens is 176 g/mol. The van der Waals surface area contributed by atoms with Crippen LogP contribution in [-0.4, -0.2) is 19.9 Å². The fraction of sp³-hybridized carbons (Fsp3) is 0.273. The van der Waals surface area contributed by atoms with Crippen LogP contribution in [0.2, 0.25) is 0 Å². The van der Waals surface area contributed by atoms with Crippen molar-refractivity contribution in [2.45, 2.75) is 6.92 Å². The van der Waals surface area contributed by atoms with Gasteiger partial charge in [-0.15, -0.1) is 0 Å². The first kappa shape index (κ1) is 10.3. The SMILES string of the molecule is CN=C(C)c1ccc(C#N)cc1OC. The minimum Gasteiger partial charge on any atom is -0.496 e. The first-order chi connectivity index (χ1) is 6.72. The van der Waals surface area contributed by atoms with E-state index in [1.54, 1.807) is 26.3 Å². The van der Waals surface area contributed by atoms with Crippen molar-refractivity contribution in [3.8, 4) is 11.8 Å². The lowest BCUT2D eigenvalue weighted by atomic mass is 10.1. The van der Waals surface area contributed by atoms with Gasteiger partial charge in [0.15, 0.2) is 0 Å². The van der Waals surface area contributed by atoms with Crippen molar-refractivity contribution in [1.29, 1.82) is 5.26 Å². The number of aliphatic imine (C=N–C) groups is 1. The molecule has 0 aliphatic carbocycles. The molecule has 3 heteroatoms. The number of benzene rings is 1. The zero-order valence-corrected chi connectivity index (χ0v) is 8.53. The maximum absolute atomic E-state index is 8.71. The van der Waals surface area contributed by atoms with E-state index < -0.39 is 0 Å². The van der Waals surface area contributed by atoms with Crippen molar-refractivity contribution < 1.29 is 4.74 Å². The molecule has 0 amide bonds. The summed E-state index contributed by atoms with van der Waals surface area (Å²) in [6.07, 6.45) is 0. The average Bonchev–Trinajstić information content (AvgIpc) is 2.27. The van der Waals surface area contributed by atoms with Gasteiger partial charge in [-0.3, -0.25) is 4.99 Å². The van der Waals surface area contributed by atoms with E-state index in [0.717, 1.165) is 11.3 Å². The number of nitriles is 1. The molecular formula is C11H12N2O. The summed E-state index contributed by atoms with van der Waals surface area (Å²) in [5, 5.41) is 8.71. The third-order valence-electron chi connectivity index (χ3n) is 2.06. The molecule has 14 heavy (non-hydrogen) atoms. The smallest absolute Gasteiger partial charge is 0.129 e. The lowest BCUT2D eigenvalue weighted by Gasteiger charge is -2.07. The third kappa shape index (κ3) is 1.91. The number of hydrogen-bond acceptors (Lipinski definition) is 3. The molecule has 0 saturated carbocycles. The standard InChI is InChI=1S/C11H12N2O/c1-8(13-2)10-5-4-9(7-12)6-11(10)14-3/h4-6H,1-3H3. The topological polar surface area (TPSA) is 45.4 Å². The predicted molar refractivity (Wildman–Crippen MR) is 55.8 cm³/mol. The molecule has 0 aromatic heterocycles. The van der Waals surface area contributed by atoms with E-state index in [2.05, 4.69) is 11.1 Å². The molecule has 0 fully saturated rings. The summed E-state index contributed by atoms with van der Waals surface area (Å²) in [4.78, 5) is 4.08. The summed E-state index contributed by atoms with van der Waals surface area (Å²) in [6, 6.07) is 7.38. The third-order valence-corrected chi connectivity index (χ3v) is 2.06. The quantitative estimate of drug-likeness (QED) is 0.666. The van der Waals surface area contributed by atoms with Gasteiger partial charge in [0.05, 0.1) is 18.7 Å². The van der Waals surface area contributed by atoms with Crippen molar-refractivity contribution in [2.24, 2.45) is 4.99 Å². The number of ether oxygens (including phenoxy) is 1. The van der Waals surface area contributed by atoms with E-state index in [-0.39, 0.29) is 0 Å². The van der Waals surface area contributed by atoms with E-state index >= 15 is 0 Å². The van der Waals surface area contributed by atoms with Gasteiger partial charge in [0, 0.05) is 18.3 Å². The molecule has 0 radical (unpaired) electrons. The van der Waals surface area contributed by atoms with Gasteiger partial charge < -0.3 is 4.74 Å². The zero-order valence-electron chi connectivity index (χ0n) is 8.53. The fourth-order valence-corrected chi connectivity index (χ4v) is 1.18. The molecule has 0 saturated heterocycles. The van der Waals surface area contributed by atoms with Gasteiger partial charge in [-0.2, -0.15) is 5.26 Å². The molecule has 0 aliphatic rings. The summed E-state index contributed by atoms with van der Waals surface area (Å²) in [7, 11) is 3.32. The summed E-state index contributed by atoms with van der Waals surface area (Å²) in [6.45, 7) is 1.91. The molecule has 0 aliphatic heterocycles. The second-order valence-electron chi connectivity index (χ2n) is 2.84. The predicted octanol–water partition coefficient (Wildman–Crippen LogP) is 2.01. The summed E-state index contributed by atoms with van der Waals surface area (Å²) < 4.78 is 5.18. The van der Waals surface area contributed by atoms with Gasteiger partial charge in [-0.25, -0.2) is 0 Å². The highest BCUT2D eigenvalue weighted by atomic mass is 16.5. The van der Waals surface area contributed by atoms with Crippen molar-refractivity contribution in [3.05, 3.63) is 29.3 Å². The van der Waals surface area contributed by atoms with Crippen LogP contribution in [0.15, 0.2) is 23.2 Å². The van der Waals surface area contributed by atoms with E-state index in [1.165, 1.54) is 0 Å². The summed E-state index contributed by atoms with van der Waals surface area (Å²) in [5.41, 5.74) is 2.41. The Morgan fingerprint density at radius 3 is 2.71 bits per heavy atom. The molecule has 1 aromatic rings. The van der Waals surface area contributed by atoms with E-state index in [9.17, 15) is 0 Å². The van der Waals surface area contributed by atoms with Crippen LogP contribution in [-0.2, 0) is 0 Å². The van der Waals surface area contributed by atoms with Crippen LogP contribution in [0.3, 0.4) is 0 Å². The van der Waals surface area contributed by atoms with Gasteiger partial charge in [-0.1, -0.05) is 0 Å². The van der Waals surface area contributed by atoms with E-state index in [4.69, 9.17) is 10.00 Å². The van der Waals surface area contributed by atoms with Crippen LogP contribution >= 0.6 is 0 Å². The van der Waals surface area contributed by atoms with Gasteiger partial charge in [-0.05, 0) is 25.1 Å². The fourth-order valence-electron chi connectivity index (χ4n) is 1.18. The van der Waals surface area contributed by atoms with Crippen LogP contribution in [0.1, 0.15) is 18.1 Å². The summed E-state index contributed by atoms with van der Waals surface area (Å²) >= 11 is 0. The minimum atomic E-state index is 0.592. The van der Waals surface area contributed by atoms with Gasteiger partial charge in [0.1, 0.15) is 5.75 Å². The molecule has 1 aromatic carbocycles. The molecule has 0 N–H and O–H groups in total. The molecule has 1 rings (SSSR count). The van der Waals surface area contributed by atoms with Crippen LogP contribution in [0, 0.1) is 11.3 Å². The Kier molecular flexibility index (Phi) is 3.24. The minimum absolute atomic E-state index is 0.592. The Morgan fingerprint density at radius 1 is 1.50 bits per heavy atom. The van der Waals surface area contributed by atoms with Crippen molar-refractivity contribution >= 4 is 5.71 Å². The van der Waals surface area contributed by atoms with E-state index in [1.807, 2.05) is 13.0 Å². The van der Waals surface area contributed by atoms with Gasteiger partial charge in [0.25, 0.3) is 0 Å². The molecule has 72 valence electrons. The monoisotopic (exact) mass is 188 g/mol. The van der Waals surface area contributed by atoms with Crippen LogP contribution in [0.25, 0.3) is 0 Å². The Balaban J connectivity index is 3.27. The van der Waals surface area contributed by atoms with Gasteiger partial charge in [0.2, 0.25) is 0 Å². The Bertz CT molecular complexity index is 402. The maximum atomic E-state index is 8.71. The number of methoxy groups -OCH3 is 1. The molecule has 0 spiro atoms. The van der Waals surface area contributed by atoms with Gasteiger partial charge >= 0.3 is 0 Å². The van der Waals surface area contributed by atoms with Crippen molar-refractivity contribution in [3.63, 3.8) is 0 Å². The maximum Gasteiger partial charge on any atom is 0.129 e. The lowest BCUT2D eigenvalue weighted by molar-refractivity contribution is 0.414. The Labute approximate surface area is 83.7 Å². The first-order valence-electron chi connectivity index (χ1n) is 4.24. The first-order valence-corrected chi connectivity index (χ1v) is 4.24. The largest absolute Gasteiger partial charge is 0.496 e. The lowest BCUT2D eigenvalue weighted by Crippen LogP contribution is -1.99. The molecule has 0 atom stereocenters. The van der Waals surface area contributed by atoms with Crippen LogP contribution < -0.4 is 4.74 Å². The number of nitrogens with zero attached hydrogens (tertiary/aromatic N) is 2. The van der Waals surface area contributed by atoms with Crippen LogP contribution in [0.5, 0.6) is 5.75 Å². The van der Waals surface area contributed by atoms with Crippen molar-refractivity contribution in [1.82, 2.24) is 0 Å². The van der Waals surface area contributed by atoms with Crippen molar-refractivity contribution in [2.75, 3.05) is 14.2 Å². The molecule has 0 unspecified atom stereocenters. The van der Waals surface area contributed by atoms with E-state index in [0.29, 0.717) is 11.3 Å². The highest BCUT2D eigenvalue weighted by molar-refractivity contribution is 6.01. The Hall–Kier alpha value is -1.82. The second kappa shape index (κ2) is 4.43. The Morgan fingerprint density at radius 2 is 2.21 bits per heavy atom. The number of rotatable bonds is 2.